The van der Waals surface area contributed by atoms with Crippen LogP contribution in [0.4, 0.5) is 0 Å². The van der Waals surface area contributed by atoms with Crippen molar-refractivity contribution in [3.8, 4) is 6.07 Å². The van der Waals surface area contributed by atoms with Crippen LogP contribution in [0, 0.1) is 11.3 Å². The van der Waals surface area contributed by atoms with Gasteiger partial charge in [-0.15, -0.1) is 0 Å². The van der Waals surface area contributed by atoms with E-state index >= 15 is 0 Å². The molecule has 1 N–H and O–H groups in total. The molecule has 0 aromatic carbocycles. The lowest BCUT2D eigenvalue weighted by Crippen LogP contribution is -2.52. The summed E-state index contributed by atoms with van der Waals surface area (Å²) in [4.78, 5) is 4.79. The van der Waals surface area contributed by atoms with E-state index in [1.165, 1.54) is 6.42 Å². The molecule has 0 radical (unpaired) electrons. The van der Waals surface area contributed by atoms with Crippen LogP contribution in [0.3, 0.4) is 0 Å². The third kappa shape index (κ3) is 3.44. The first-order chi connectivity index (χ1) is 7.50. The molecule has 4 nitrogen and oxygen atoms in total. The van der Waals surface area contributed by atoms with Gasteiger partial charge in [0.05, 0.1) is 6.07 Å². The number of rotatable bonds is 3. The van der Waals surface area contributed by atoms with Crippen LogP contribution in [-0.2, 0) is 0 Å². The summed E-state index contributed by atoms with van der Waals surface area (Å²) in [5.41, 5.74) is -0.433. The minimum absolute atomic E-state index is 0.433. The van der Waals surface area contributed by atoms with E-state index in [2.05, 4.69) is 35.2 Å². The molecule has 1 aliphatic rings. The summed E-state index contributed by atoms with van der Waals surface area (Å²) in [6, 6.07) is 2.88. The van der Waals surface area contributed by atoms with Gasteiger partial charge in [0.25, 0.3) is 0 Å². The van der Waals surface area contributed by atoms with Crippen molar-refractivity contribution in [2.24, 2.45) is 0 Å². The van der Waals surface area contributed by atoms with E-state index in [9.17, 15) is 5.26 Å². The molecule has 92 valence electrons. The van der Waals surface area contributed by atoms with Gasteiger partial charge < -0.3 is 10.2 Å². The lowest BCUT2D eigenvalue weighted by atomic mass is 10.0. The normalized spacial score (nSPS) is 28.1. The highest BCUT2D eigenvalue weighted by Crippen LogP contribution is 2.13. The number of hydrogen-bond donors (Lipinski definition) is 1. The molecular weight excluding hydrogens is 200 g/mol. The van der Waals surface area contributed by atoms with Crippen molar-refractivity contribution in [1.29, 1.82) is 5.26 Å². The molecule has 2 atom stereocenters. The van der Waals surface area contributed by atoms with E-state index in [-0.39, 0.29) is 0 Å². The molecule has 1 aliphatic heterocycles. The fraction of sp³-hybridized carbons (Fsp3) is 0.917. The Morgan fingerprint density at radius 2 is 2.19 bits per heavy atom. The highest BCUT2D eigenvalue weighted by molar-refractivity contribution is 5.05. The van der Waals surface area contributed by atoms with Crippen LogP contribution in [0.25, 0.3) is 0 Å². The third-order valence-electron chi connectivity index (χ3n) is 3.50. The topological polar surface area (TPSA) is 42.3 Å². The molecule has 1 rings (SSSR count). The van der Waals surface area contributed by atoms with E-state index in [1.807, 2.05) is 14.0 Å². The predicted molar refractivity (Wildman–Crippen MR) is 66.2 cm³/mol. The monoisotopic (exact) mass is 224 g/mol. The quantitative estimate of drug-likeness (QED) is 0.759. The Labute approximate surface area is 99.2 Å². The average molecular weight is 224 g/mol. The second kappa shape index (κ2) is 5.62. The molecule has 16 heavy (non-hydrogen) atoms. The van der Waals surface area contributed by atoms with Crippen molar-refractivity contribution in [2.75, 3.05) is 40.3 Å². The van der Waals surface area contributed by atoms with Gasteiger partial charge in [-0.3, -0.25) is 4.90 Å². The Hall–Kier alpha value is -0.630. The standard InChI is InChI=1S/C12H24N4/c1-11-8-15(4)6-5-7-16(11)10-12(2,9-13)14-3/h11,14H,5-8,10H2,1-4H3. The molecule has 0 aromatic rings. The van der Waals surface area contributed by atoms with Gasteiger partial charge in [-0.25, -0.2) is 0 Å². The van der Waals surface area contributed by atoms with Crippen LogP contribution in [0.1, 0.15) is 20.3 Å². The Morgan fingerprint density at radius 1 is 1.50 bits per heavy atom. The molecular formula is C12H24N4. The van der Waals surface area contributed by atoms with E-state index in [4.69, 9.17) is 0 Å². The Balaban J connectivity index is 2.62. The average Bonchev–Trinajstić information content (AvgIpc) is 2.41. The van der Waals surface area contributed by atoms with Crippen LogP contribution < -0.4 is 5.32 Å². The first kappa shape index (κ1) is 13.4. The van der Waals surface area contributed by atoms with Crippen molar-refractivity contribution >= 4 is 0 Å². The first-order valence-corrected chi connectivity index (χ1v) is 6.03. The predicted octanol–water partition coefficient (Wildman–Crippen LogP) is 0.514. The Morgan fingerprint density at radius 3 is 2.75 bits per heavy atom. The number of nitrogens with zero attached hydrogens (tertiary/aromatic N) is 3. The van der Waals surface area contributed by atoms with Crippen molar-refractivity contribution in [1.82, 2.24) is 15.1 Å². The van der Waals surface area contributed by atoms with Gasteiger partial charge in [0.1, 0.15) is 5.54 Å². The summed E-state index contributed by atoms with van der Waals surface area (Å²) < 4.78 is 0. The van der Waals surface area contributed by atoms with Crippen LogP contribution in [0.2, 0.25) is 0 Å². The molecule has 1 fully saturated rings. The van der Waals surface area contributed by atoms with Gasteiger partial charge in [-0.1, -0.05) is 0 Å². The Bertz CT molecular complexity index is 260. The van der Waals surface area contributed by atoms with Gasteiger partial charge in [0, 0.05) is 19.1 Å². The summed E-state index contributed by atoms with van der Waals surface area (Å²) >= 11 is 0. The van der Waals surface area contributed by atoms with Crippen molar-refractivity contribution in [3.63, 3.8) is 0 Å². The zero-order valence-corrected chi connectivity index (χ0v) is 11.0. The summed E-state index contributed by atoms with van der Waals surface area (Å²) in [6.45, 7) is 8.35. The maximum atomic E-state index is 9.17. The maximum Gasteiger partial charge on any atom is 0.116 e. The molecule has 0 aliphatic carbocycles. The van der Waals surface area contributed by atoms with Crippen molar-refractivity contribution in [3.05, 3.63) is 0 Å². The summed E-state index contributed by atoms with van der Waals surface area (Å²) in [6.07, 6.45) is 1.19. The molecule has 0 spiro atoms. The fourth-order valence-electron chi connectivity index (χ4n) is 2.23. The molecule has 0 bridgehead atoms. The van der Waals surface area contributed by atoms with E-state index < -0.39 is 5.54 Å². The van der Waals surface area contributed by atoms with E-state index in [1.54, 1.807) is 0 Å². The lowest BCUT2D eigenvalue weighted by molar-refractivity contribution is 0.171. The smallest absolute Gasteiger partial charge is 0.116 e. The Kier molecular flexibility index (Phi) is 4.72. The largest absolute Gasteiger partial charge is 0.305 e. The molecule has 0 saturated carbocycles. The van der Waals surface area contributed by atoms with Gasteiger partial charge in [-0.2, -0.15) is 5.26 Å². The summed E-state index contributed by atoms with van der Waals surface area (Å²) in [7, 11) is 4.03. The second-order valence-corrected chi connectivity index (χ2v) is 5.13. The number of hydrogen-bond acceptors (Lipinski definition) is 4. The second-order valence-electron chi connectivity index (χ2n) is 5.13. The first-order valence-electron chi connectivity index (χ1n) is 6.03. The zero-order chi connectivity index (χ0) is 12.2. The van der Waals surface area contributed by atoms with Gasteiger partial charge in [0.15, 0.2) is 0 Å². The molecule has 2 unspecified atom stereocenters. The van der Waals surface area contributed by atoms with Gasteiger partial charge in [-0.05, 0) is 47.5 Å². The highest BCUT2D eigenvalue weighted by Gasteiger charge is 2.28. The maximum absolute atomic E-state index is 9.17. The lowest BCUT2D eigenvalue weighted by Gasteiger charge is -2.33. The molecule has 1 saturated heterocycles. The van der Waals surface area contributed by atoms with Crippen molar-refractivity contribution in [2.45, 2.75) is 31.8 Å². The number of nitriles is 1. The van der Waals surface area contributed by atoms with Gasteiger partial charge in [0.2, 0.25) is 0 Å². The van der Waals surface area contributed by atoms with Crippen LogP contribution >= 0.6 is 0 Å². The number of likely N-dealkylation sites (N-methyl/N-ethyl adjacent to an activating group) is 2. The van der Waals surface area contributed by atoms with Crippen LogP contribution in [0.15, 0.2) is 0 Å². The van der Waals surface area contributed by atoms with Crippen molar-refractivity contribution < 1.29 is 0 Å². The van der Waals surface area contributed by atoms with Gasteiger partial charge >= 0.3 is 0 Å². The third-order valence-corrected chi connectivity index (χ3v) is 3.50. The minimum atomic E-state index is -0.433. The molecule has 4 heteroatoms. The SMILES string of the molecule is CNC(C)(C#N)CN1CCCN(C)CC1C. The highest BCUT2D eigenvalue weighted by atomic mass is 15.2. The molecule has 1 heterocycles. The molecule has 0 aromatic heterocycles. The van der Waals surface area contributed by atoms with E-state index in [0.29, 0.717) is 6.04 Å². The zero-order valence-electron chi connectivity index (χ0n) is 11.0. The summed E-state index contributed by atoms with van der Waals surface area (Å²) in [5.74, 6) is 0. The van der Waals surface area contributed by atoms with E-state index in [0.717, 1.165) is 26.2 Å². The van der Waals surface area contributed by atoms with Crippen LogP contribution in [-0.4, -0.2) is 61.7 Å². The molecule has 0 amide bonds. The number of nitrogens with one attached hydrogen (secondary N) is 1. The minimum Gasteiger partial charge on any atom is -0.305 e. The van der Waals surface area contributed by atoms with Crippen LogP contribution in [0.5, 0.6) is 0 Å². The summed E-state index contributed by atoms with van der Waals surface area (Å²) in [5, 5.41) is 12.3. The fourth-order valence-corrected chi connectivity index (χ4v) is 2.23.